The highest BCUT2D eigenvalue weighted by molar-refractivity contribution is 6.32. The zero-order valence-electron chi connectivity index (χ0n) is 10.7. The highest BCUT2D eigenvalue weighted by atomic mass is 35.5. The third-order valence-corrected chi connectivity index (χ3v) is 3.45. The topological polar surface area (TPSA) is 74.8 Å². The number of nitrogen functional groups attached to an aromatic ring is 1. The van der Waals surface area contributed by atoms with Crippen LogP contribution >= 0.6 is 23.2 Å². The highest BCUT2D eigenvalue weighted by Gasteiger charge is 2.09. The standard InChI is InChI=1S/C14H14Cl2N4/c15-6-12(17)10-5-14(18)20-8-13(10)19-7-9-3-1-2-4-11(9)16/h1-5,8,17,19H,6-7H2,(H2,18,20). The third kappa shape index (κ3) is 3.40. The molecule has 4 nitrogen and oxygen atoms in total. The van der Waals surface area contributed by atoms with Crippen LogP contribution in [0, 0.1) is 5.41 Å². The molecule has 2 aromatic rings. The molecule has 1 aromatic heterocycles. The van der Waals surface area contributed by atoms with Gasteiger partial charge in [0.25, 0.3) is 0 Å². The van der Waals surface area contributed by atoms with Crippen molar-refractivity contribution in [3.63, 3.8) is 0 Å². The normalized spacial score (nSPS) is 10.3. The Morgan fingerprint density at radius 1 is 1.35 bits per heavy atom. The maximum Gasteiger partial charge on any atom is 0.124 e. The van der Waals surface area contributed by atoms with Crippen molar-refractivity contribution in [2.45, 2.75) is 6.54 Å². The van der Waals surface area contributed by atoms with Crippen molar-refractivity contribution in [3.05, 3.63) is 52.7 Å². The van der Waals surface area contributed by atoms with Crippen molar-refractivity contribution in [2.24, 2.45) is 0 Å². The lowest BCUT2D eigenvalue weighted by molar-refractivity contribution is 1.13. The lowest BCUT2D eigenvalue weighted by Gasteiger charge is -2.13. The summed E-state index contributed by atoms with van der Waals surface area (Å²) in [5.74, 6) is 0.475. The van der Waals surface area contributed by atoms with Gasteiger partial charge in [-0.3, -0.25) is 0 Å². The molecule has 104 valence electrons. The molecule has 0 saturated carbocycles. The Hall–Kier alpha value is -1.78. The number of benzene rings is 1. The van der Waals surface area contributed by atoms with E-state index in [-0.39, 0.29) is 5.88 Å². The quantitative estimate of drug-likeness (QED) is 0.584. The Balaban J connectivity index is 2.21. The fraction of sp³-hybridized carbons (Fsp3) is 0.143. The minimum absolute atomic E-state index is 0.115. The van der Waals surface area contributed by atoms with Gasteiger partial charge in [-0.15, -0.1) is 11.6 Å². The number of hydrogen-bond donors (Lipinski definition) is 3. The molecule has 4 N–H and O–H groups in total. The van der Waals surface area contributed by atoms with E-state index >= 15 is 0 Å². The van der Waals surface area contributed by atoms with Crippen LogP contribution in [0.15, 0.2) is 36.5 Å². The minimum atomic E-state index is 0.115. The fourth-order valence-electron chi connectivity index (χ4n) is 1.77. The second kappa shape index (κ2) is 6.59. The van der Waals surface area contributed by atoms with Crippen LogP contribution in [0.25, 0.3) is 0 Å². The predicted octanol–water partition coefficient (Wildman–Crippen LogP) is 3.54. The van der Waals surface area contributed by atoms with Crippen LogP contribution in [-0.2, 0) is 6.54 Å². The van der Waals surface area contributed by atoms with Gasteiger partial charge in [0.15, 0.2) is 0 Å². The van der Waals surface area contributed by atoms with Gasteiger partial charge in [-0.1, -0.05) is 29.8 Å². The maximum atomic E-state index is 7.86. The van der Waals surface area contributed by atoms with E-state index < -0.39 is 0 Å². The monoisotopic (exact) mass is 308 g/mol. The van der Waals surface area contributed by atoms with Gasteiger partial charge in [-0.05, 0) is 17.7 Å². The van der Waals surface area contributed by atoms with E-state index in [0.717, 1.165) is 5.56 Å². The first-order valence-electron chi connectivity index (χ1n) is 5.98. The number of aromatic nitrogens is 1. The molecule has 0 radical (unpaired) electrons. The van der Waals surface area contributed by atoms with Gasteiger partial charge in [-0.2, -0.15) is 0 Å². The zero-order valence-corrected chi connectivity index (χ0v) is 12.2. The maximum absolute atomic E-state index is 7.86. The van der Waals surface area contributed by atoms with Gasteiger partial charge in [-0.25, -0.2) is 4.98 Å². The number of nitrogens with zero attached hydrogens (tertiary/aromatic N) is 1. The molecular weight excluding hydrogens is 295 g/mol. The van der Waals surface area contributed by atoms with E-state index in [1.54, 1.807) is 12.3 Å². The van der Waals surface area contributed by atoms with Crippen LogP contribution in [0.1, 0.15) is 11.1 Å². The Morgan fingerprint density at radius 2 is 2.10 bits per heavy atom. The molecule has 6 heteroatoms. The summed E-state index contributed by atoms with van der Waals surface area (Å²) in [5, 5.41) is 11.8. The lowest BCUT2D eigenvalue weighted by atomic mass is 10.1. The van der Waals surface area contributed by atoms with Gasteiger partial charge in [0.2, 0.25) is 0 Å². The summed E-state index contributed by atoms with van der Waals surface area (Å²) in [4.78, 5) is 4.03. The summed E-state index contributed by atoms with van der Waals surface area (Å²) in [6.07, 6.45) is 1.60. The molecule has 2 rings (SSSR count). The average molecular weight is 309 g/mol. The van der Waals surface area contributed by atoms with Gasteiger partial charge in [0.05, 0.1) is 23.5 Å². The van der Waals surface area contributed by atoms with Gasteiger partial charge in [0, 0.05) is 17.1 Å². The molecule has 20 heavy (non-hydrogen) atoms. The SMILES string of the molecule is N=C(CCl)c1cc(N)ncc1NCc1ccccc1Cl. The summed E-state index contributed by atoms with van der Waals surface area (Å²) in [7, 11) is 0. The average Bonchev–Trinajstić information content (AvgIpc) is 2.46. The highest BCUT2D eigenvalue weighted by Crippen LogP contribution is 2.21. The van der Waals surface area contributed by atoms with E-state index in [9.17, 15) is 0 Å². The smallest absolute Gasteiger partial charge is 0.124 e. The van der Waals surface area contributed by atoms with E-state index in [4.69, 9.17) is 34.3 Å². The first kappa shape index (κ1) is 14.6. The molecule has 1 heterocycles. The van der Waals surface area contributed by atoms with E-state index in [1.165, 1.54) is 0 Å². The molecular formula is C14H14Cl2N4. The van der Waals surface area contributed by atoms with Crippen molar-refractivity contribution in [1.29, 1.82) is 5.41 Å². The van der Waals surface area contributed by atoms with Gasteiger partial charge in [0.1, 0.15) is 5.82 Å². The summed E-state index contributed by atoms with van der Waals surface area (Å²) in [6, 6.07) is 9.21. The fourth-order valence-corrected chi connectivity index (χ4v) is 2.11. The first-order valence-corrected chi connectivity index (χ1v) is 6.89. The molecule has 0 amide bonds. The number of pyridine rings is 1. The third-order valence-electron chi connectivity index (χ3n) is 2.81. The van der Waals surface area contributed by atoms with Crippen molar-refractivity contribution in [1.82, 2.24) is 4.98 Å². The number of alkyl halides is 1. The van der Waals surface area contributed by atoms with Crippen molar-refractivity contribution >= 4 is 40.4 Å². The Kier molecular flexibility index (Phi) is 4.82. The van der Waals surface area contributed by atoms with E-state index in [1.807, 2.05) is 24.3 Å². The van der Waals surface area contributed by atoms with Crippen LogP contribution in [0.5, 0.6) is 0 Å². The van der Waals surface area contributed by atoms with Gasteiger partial charge >= 0.3 is 0 Å². The lowest BCUT2D eigenvalue weighted by Crippen LogP contribution is -2.10. The van der Waals surface area contributed by atoms with Crippen molar-refractivity contribution in [2.75, 3.05) is 16.9 Å². The molecule has 0 bridgehead atoms. The second-order valence-corrected chi connectivity index (χ2v) is 4.89. The predicted molar refractivity (Wildman–Crippen MR) is 85.0 cm³/mol. The molecule has 0 spiro atoms. The number of halogens is 2. The van der Waals surface area contributed by atoms with Crippen LogP contribution < -0.4 is 11.1 Å². The number of nitrogens with one attached hydrogen (secondary N) is 2. The van der Waals surface area contributed by atoms with E-state index in [2.05, 4.69) is 10.3 Å². The van der Waals surface area contributed by atoms with Crippen LogP contribution in [-0.4, -0.2) is 16.6 Å². The Bertz CT molecular complexity index is 628. The van der Waals surface area contributed by atoms with Crippen LogP contribution in [0.3, 0.4) is 0 Å². The minimum Gasteiger partial charge on any atom is -0.384 e. The zero-order chi connectivity index (χ0) is 14.5. The number of nitrogens with two attached hydrogens (primary N) is 1. The molecule has 0 aliphatic rings. The summed E-state index contributed by atoms with van der Waals surface area (Å²) < 4.78 is 0. The van der Waals surface area contributed by atoms with Crippen LogP contribution in [0.2, 0.25) is 5.02 Å². The molecule has 0 atom stereocenters. The van der Waals surface area contributed by atoms with Crippen LogP contribution in [0.4, 0.5) is 11.5 Å². The summed E-state index contributed by atoms with van der Waals surface area (Å²) >= 11 is 11.8. The van der Waals surface area contributed by atoms with E-state index in [0.29, 0.717) is 34.3 Å². The molecule has 1 aromatic carbocycles. The molecule has 0 aliphatic heterocycles. The first-order chi connectivity index (χ1) is 9.61. The van der Waals surface area contributed by atoms with Gasteiger partial charge < -0.3 is 16.5 Å². The summed E-state index contributed by atoms with van der Waals surface area (Å²) in [6.45, 7) is 0.536. The largest absolute Gasteiger partial charge is 0.384 e. The van der Waals surface area contributed by atoms with Crippen molar-refractivity contribution < 1.29 is 0 Å². The van der Waals surface area contributed by atoms with Crippen molar-refractivity contribution in [3.8, 4) is 0 Å². The number of rotatable bonds is 5. The Morgan fingerprint density at radius 3 is 2.80 bits per heavy atom. The Labute approximate surface area is 127 Å². The molecule has 0 fully saturated rings. The molecule has 0 aliphatic carbocycles. The number of hydrogen-bond acceptors (Lipinski definition) is 4. The second-order valence-electron chi connectivity index (χ2n) is 4.21. The summed E-state index contributed by atoms with van der Waals surface area (Å²) in [5.41, 5.74) is 8.28. The molecule has 0 unspecified atom stereocenters. The molecule has 0 saturated heterocycles. The number of anilines is 2.